The first kappa shape index (κ1) is 12.3. The van der Waals surface area contributed by atoms with Crippen molar-refractivity contribution in [2.45, 2.75) is 25.7 Å². The molecule has 1 N–H and O–H groups in total. The molecule has 2 rings (SSSR count). The lowest BCUT2D eigenvalue weighted by molar-refractivity contribution is 0.146. The first-order valence-corrected chi connectivity index (χ1v) is 5.80. The molecule has 0 aliphatic carbocycles. The maximum absolute atomic E-state index is 13.0. The molecule has 2 nitrogen and oxygen atoms in total. The van der Waals surface area contributed by atoms with Crippen LogP contribution in [0.4, 0.5) is 8.78 Å². The number of alkyl halides is 2. The highest BCUT2D eigenvalue weighted by Crippen LogP contribution is 2.38. The van der Waals surface area contributed by atoms with Gasteiger partial charge < -0.3 is 10.1 Å². The number of methoxy groups -OCH3 is 1. The van der Waals surface area contributed by atoms with Gasteiger partial charge in [0.25, 0.3) is 6.43 Å². The summed E-state index contributed by atoms with van der Waals surface area (Å²) in [6, 6.07) is 3.47. The molecule has 1 heterocycles. The summed E-state index contributed by atoms with van der Waals surface area (Å²) in [6.45, 7) is 3.62. The molecule has 4 heteroatoms. The largest absolute Gasteiger partial charge is 0.496 e. The van der Waals surface area contributed by atoms with Crippen LogP contribution in [-0.4, -0.2) is 20.2 Å². The van der Waals surface area contributed by atoms with Crippen LogP contribution in [-0.2, 0) is 0 Å². The molecule has 1 atom stereocenters. The molecule has 0 saturated carbocycles. The van der Waals surface area contributed by atoms with Gasteiger partial charge >= 0.3 is 0 Å². The lowest BCUT2D eigenvalue weighted by Crippen LogP contribution is -2.10. The van der Waals surface area contributed by atoms with Gasteiger partial charge in [0.05, 0.1) is 12.7 Å². The second kappa shape index (κ2) is 5.00. The van der Waals surface area contributed by atoms with Crippen LogP contribution in [0.25, 0.3) is 0 Å². The van der Waals surface area contributed by atoms with Crippen molar-refractivity contribution in [1.29, 1.82) is 0 Å². The molecule has 17 heavy (non-hydrogen) atoms. The van der Waals surface area contributed by atoms with Gasteiger partial charge in [-0.3, -0.25) is 0 Å². The summed E-state index contributed by atoms with van der Waals surface area (Å²) in [4.78, 5) is 0. The van der Waals surface area contributed by atoms with Crippen molar-refractivity contribution in [3.63, 3.8) is 0 Å². The van der Waals surface area contributed by atoms with Crippen molar-refractivity contribution in [3.8, 4) is 5.75 Å². The van der Waals surface area contributed by atoms with Crippen LogP contribution in [0.2, 0.25) is 0 Å². The fraction of sp³-hybridized carbons (Fsp3) is 0.538. The Balaban J connectivity index is 2.48. The summed E-state index contributed by atoms with van der Waals surface area (Å²) in [5.74, 6) is 0.640. The van der Waals surface area contributed by atoms with Crippen molar-refractivity contribution in [1.82, 2.24) is 5.32 Å². The summed E-state index contributed by atoms with van der Waals surface area (Å²) in [6.07, 6.45) is -1.51. The van der Waals surface area contributed by atoms with E-state index in [0.717, 1.165) is 30.6 Å². The molecule has 1 aromatic rings. The number of ether oxygens (including phenoxy) is 1. The minimum absolute atomic E-state index is 0.00870. The van der Waals surface area contributed by atoms with E-state index in [2.05, 4.69) is 5.32 Å². The molecule has 0 radical (unpaired) electrons. The quantitative estimate of drug-likeness (QED) is 0.878. The van der Waals surface area contributed by atoms with Gasteiger partial charge in [-0.15, -0.1) is 0 Å². The van der Waals surface area contributed by atoms with E-state index >= 15 is 0 Å². The monoisotopic (exact) mass is 241 g/mol. The molecular weight excluding hydrogens is 224 g/mol. The molecule has 1 aliphatic rings. The van der Waals surface area contributed by atoms with Gasteiger partial charge in [0.15, 0.2) is 0 Å². The molecule has 0 bridgehead atoms. The van der Waals surface area contributed by atoms with Gasteiger partial charge in [0.1, 0.15) is 5.75 Å². The van der Waals surface area contributed by atoms with Gasteiger partial charge in [0, 0.05) is 12.5 Å². The number of nitrogens with one attached hydrogen (secondary N) is 1. The standard InChI is InChI=1S/C13H17F2NO/c1-8-5-10(9-3-4-16-7-9)12(17-2)11(6-8)13(14)15/h5-6,9,13,16H,3-4,7H2,1-2H3. The zero-order valence-electron chi connectivity index (χ0n) is 10.1. The smallest absolute Gasteiger partial charge is 0.267 e. The van der Waals surface area contributed by atoms with Crippen molar-refractivity contribution in [2.75, 3.05) is 20.2 Å². The highest BCUT2D eigenvalue weighted by Gasteiger charge is 2.25. The highest BCUT2D eigenvalue weighted by atomic mass is 19.3. The first-order chi connectivity index (χ1) is 8.13. The second-order valence-electron chi connectivity index (χ2n) is 4.47. The molecular formula is C13H17F2NO. The number of rotatable bonds is 3. The van der Waals surface area contributed by atoms with Crippen LogP contribution in [0.5, 0.6) is 5.75 Å². The van der Waals surface area contributed by atoms with Gasteiger partial charge in [-0.25, -0.2) is 8.78 Å². The Morgan fingerprint density at radius 2 is 2.18 bits per heavy atom. The molecule has 0 spiro atoms. The minimum atomic E-state index is -2.49. The third-order valence-electron chi connectivity index (χ3n) is 3.23. The van der Waals surface area contributed by atoms with Crippen LogP contribution in [0.1, 0.15) is 35.5 Å². The molecule has 0 amide bonds. The van der Waals surface area contributed by atoms with E-state index < -0.39 is 6.43 Å². The number of halogens is 2. The van der Waals surface area contributed by atoms with E-state index in [1.807, 2.05) is 13.0 Å². The lowest BCUT2D eigenvalue weighted by Gasteiger charge is -2.18. The highest BCUT2D eigenvalue weighted by molar-refractivity contribution is 5.47. The molecule has 1 aliphatic heterocycles. The third kappa shape index (κ3) is 2.41. The van der Waals surface area contributed by atoms with Crippen molar-refractivity contribution < 1.29 is 13.5 Å². The average molecular weight is 241 g/mol. The van der Waals surface area contributed by atoms with Gasteiger partial charge in [-0.1, -0.05) is 11.6 Å². The van der Waals surface area contributed by atoms with Crippen LogP contribution >= 0.6 is 0 Å². The zero-order chi connectivity index (χ0) is 12.4. The Labute approximate surface area is 100.0 Å². The van der Waals surface area contributed by atoms with Crippen LogP contribution < -0.4 is 10.1 Å². The Hall–Kier alpha value is -1.16. The number of benzene rings is 1. The summed E-state index contributed by atoms with van der Waals surface area (Å²) in [7, 11) is 1.46. The fourth-order valence-electron chi connectivity index (χ4n) is 2.45. The molecule has 94 valence electrons. The number of hydrogen-bond donors (Lipinski definition) is 1. The fourth-order valence-corrected chi connectivity index (χ4v) is 2.45. The Morgan fingerprint density at radius 3 is 2.71 bits per heavy atom. The number of hydrogen-bond acceptors (Lipinski definition) is 2. The Morgan fingerprint density at radius 1 is 1.41 bits per heavy atom. The van der Waals surface area contributed by atoms with Gasteiger partial charge in [-0.2, -0.15) is 0 Å². The predicted molar refractivity (Wildman–Crippen MR) is 62.9 cm³/mol. The Bertz CT molecular complexity index is 401. The maximum Gasteiger partial charge on any atom is 0.267 e. The second-order valence-corrected chi connectivity index (χ2v) is 4.47. The summed E-state index contributed by atoms with van der Waals surface area (Å²) >= 11 is 0. The topological polar surface area (TPSA) is 21.3 Å². The van der Waals surface area contributed by atoms with Crippen LogP contribution in [0, 0.1) is 6.92 Å². The molecule has 1 aromatic carbocycles. The lowest BCUT2D eigenvalue weighted by atomic mass is 9.93. The SMILES string of the molecule is COc1c(C(F)F)cc(C)cc1C1CCNC1. The summed E-state index contributed by atoms with van der Waals surface area (Å²) in [5.41, 5.74) is 1.78. The van der Waals surface area contributed by atoms with Gasteiger partial charge in [-0.05, 0) is 31.5 Å². The Kier molecular flexibility index (Phi) is 3.62. The number of aryl methyl sites for hydroxylation is 1. The zero-order valence-corrected chi connectivity index (χ0v) is 10.1. The van der Waals surface area contributed by atoms with Gasteiger partial charge in [0.2, 0.25) is 0 Å². The average Bonchev–Trinajstić information content (AvgIpc) is 2.81. The molecule has 1 unspecified atom stereocenters. The summed E-state index contributed by atoms with van der Waals surface area (Å²) in [5, 5.41) is 3.25. The molecule has 0 aromatic heterocycles. The third-order valence-corrected chi connectivity index (χ3v) is 3.23. The summed E-state index contributed by atoms with van der Waals surface area (Å²) < 4.78 is 31.1. The van der Waals surface area contributed by atoms with Crippen molar-refractivity contribution in [2.24, 2.45) is 0 Å². The predicted octanol–water partition coefficient (Wildman–Crippen LogP) is 3.02. The van der Waals surface area contributed by atoms with E-state index in [9.17, 15) is 8.78 Å². The molecule has 1 saturated heterocycles. The van der Waals surface area contributed by atoms with Crippen LogP contribution in [0.15, 0.2) is 12.1 Å². The van der Waals surface area contributed by atoms with Crippen molar-refractivity contribution >= 4 is 0 Å². The normalized spacial score (nSPS) is 19.9. The van der Waals surface area contributed by atoms with Crippen LogP contribution in [0.3, 0.4) is 0 Å². The van der Waals surface area contributed by atoms with Crippen molar-refractivity contribution in [3.05, 3.63) is 28.8 Å². The van der Waals surface area contributed by atoms with E-state index in [1.165, 1.54) is 13.2 Å². The maximum atomic E-state index is 13.0. The van der Waals surface area contributed by atoms with E-state index in [1.54, 1.807) is 0 Å². The first-order valence-electron chi connectivity index (χ1n) is 5.80. The van der Waals surface area contributed by atoms with E-state index in [0.29, 0.717) is 5.75 Å². The van der Waals surface area contributed by atoms with E-state index in [-0.39, 0.29) is 11.5 Å². The minimum Gasteiger partial charge on any atom is -0.496 e. The van der Waals surface area contributed by atoms with E-state index in [4.69, 9.17) is 4.74 Å². The molecule has 1 fully saturated rings.